The molecule has 0 bridgehead atoms. The zero-order valence-corrected chi connectivity index (χ0v) is 10.4. The summed E-state index contributed by atoms with van der Waals surface area (Å²) in [5, 5.41) is 3.16. The van der Waals surface area contributed by atoms with Gasteiger partial charge in [0.1, 0.15) is 5.82 Å². The Labute approximate surface area is 101 Å². The maximum atomic E-state index is 13.2. The van der Waals surface area contributed by atoms with Gasteiger partial charge in [0.15, 0.2) is 0 Å². The standard InChI is InChI=1S/C13H18FNO2/c1-4-15-12(8-13(16)17-3)11-7-10(14)6-5-9(11)2/h5-7,12,15H,4,8H2,1-3H3. The molecule has 0 heterocycles. The van der Waals surface area contributed by atoms with Crippen LogP contribution in [0.15, 0.2) is 18.2 Å². The monoisotopic (exact) mass is 239 g/mol. The van der Waals surface area contributed by atoms with E-state index in [4.69, 9.17) is 0 Å². The predicted octanol–water partition coefficient (Wildman–Crippen LogP) is 2.35. The van der Waals surface area contributed by atoms with E-state index in [0.29, 0.717) is 6.54 Å². The molecule has 0 fully saturated rings. The number of ether oxygens (including phenoxy) is 1. The lowest BCUT2D eigenvalue weighted by Crippen LogP contribution is -2.25. The van der Waals surface area contributed by atoms with Crippen LogP contribution < -0.4 is 5.32 Å². The summed E-state index contributed by atoms with van der Waals surface area (Å²) in [5.41, 5.74) is 1.76. The smallest absolute Gasteiger partial charge is 0.307 e. The fourth-order valence-electron chi connectivity index (χ4n) is 1.78. The first-order valence-corrected chi connectivity index (χ1v) is 5.64. The van der Waals surface area contributed by atoms with E-state index in [1.165, 1.54) is 19.2 Å². The second-order valence-corrected chi connectivity index (χ2v) is 3.89. The molecule has 1 aromatic carbocycles. The van der Waals surface area contributed by atoms with Crippen LogP contribution in [0, 0.1) is 12.7 Å². The minimum atomic E-state index is -0.306. The van der Waals surface area contributed by atoms with Crippen LogP contribution in [0.5, 0.6) is 0 Å². The third-order valence-corrected chi connectivity index (χ3v) is 2.67. The summed E-state index contributed by atoms with van der Waals surface area (Å²) >= 11 is 0. The molecule has 0 aliphatic heterocycles. The fraction of sp³-hybridized carbons (Fsp3) is 0.462. The molecule has 0 aromatic heterocycles. The third-order valence-electron chi connectivity index (χ3n) is 2.67. The number of carbonyl (C=O) groups excluding carboxylic acids is 1. The van der Waals surface area contributed by atoms with Gasteiger partial charge in [-0.1, -0.05) is 13.0 Å². The van der Waals surface area contributed by atoms with Gasteiger partial charge in [-0.25, -0.2) is 4.39 Å². The maximum Gasteiger partial charge on any atom is 0.307 e. The minimum Gasteiger partial charge on any atom is -0.469 e. The molecule has 0 aliphatic carbocycles. The number of esters is 1. The summed E-state index contributed by atoms with van der Waals surface area (Å²) in [7, 11) is 1.35. The first-order chi connectivity index (χ1) is 8.08. The van der Waals surface area contributed by atoms with Gasteiger partial charge in [0.2, 0.25) is 0 Å². The highest BCUT2D eigenvalue weighted by Gasteiger charge is 2.17. The van der Waals surface area contributed by atoms with Crippen molar-refractivity contribution >= 4 is 5.97 Å². The van der Waals surface area contributed by atoms with Crippen molar-refractivity contribution in [3.05, 3.63) is 35.1 Å². The number of benzene rings is 1. The normalized spacial score (nSPS) is 12.2. The molecule has 0 aliphatic rings. The van der Waals surface area contributed by atoms with Crippen LogP contribution in [0.2, 0.25) is 0 Å². The van der Waals surface area contributed by atoms with Crippen LogP contribution in [-0.2, 0) is 9.53 Å². The molecule has 0 radical (unpaired) electrons. The summed E-state index contributed by atoms with van der Waals surface area (Å²) in [6.45, 7) is 4.55. The van der Waals surface area contributed by atoms with Crippen molar-refractivity contribution < 1.29 is 13.9 Å². The molecule has 94 valence electrons. The number of hydrogen-bond donors (Lipinski definition) is 1. The molecule has 3 nitrogen and oxygen atoms in total. The lowest BCUT2D eigenvalue weighted by atomic mass is 9.98. The van der Waals surface area contributed by atoms with Crippen LogP contribution in [-0.4, -0.2) is 19.6 Å². The number of hydrogen-bond acceptors (Lipinski definition) is 3. The Morgan fingerprint density at radius 2 is 2.24 bits per heavy atom. The van der Waals surface area contributed by atoms with Crippen LogP contribution in [0.25, 0.3) is 0 Å². The molecule has 0 saturated heterocycles. The molecule has 4 heteroatoms. The van der Waals surface area contributed by atoms with Crippen LogP contribution in [0.1, 0.15) is 30.5 Å². The molecular formula is C13H18FNO2. The Kier molecular flexibility index (Phi) is 5.10. The number of carbonyl (C=O) groups is 1. The lowest BCUT2D eigenvalue weighted by molar-refractivity contribution is -0.141. The highest BCUT2D eigenvalue weighted by Crippen LogP contribution is 2.22. The van der Waals surface area contributed by atoms with Crippen molar-refractivity contribution in [2.75, 3.05) is 13.7 Å². The van der Waals surface area contributed by atoms with Gasteiger partial charge in [-0.2, -0.15) is 0 Å². The molecule has 0 saturated carbocycles. The Bertz CT molecular complexity index is 393. The van der Waals surface area contributed by atoms with E-state index in [-0.39, 0.29) is 24.2 Å². The average Bonchev–Trinajstić information content (AvgIpc) is 2.31. The van der Waals surface area contributed by atoms with Gasteiger partial charge in [0.25, 0.3) is 0 Å². The SMILES string of the molecule is CCNC(CC(=O)OC)c1cc(F)ccc1C. The van der Waals surface area contributed by atoms with E-state index in [1.54, 1.807) is 6.07 Å². The third kappa shape index (κ3) is 3.82. The van der Waals surface area contributed by atoms with Crippen LogP contribution >= 0.6 is 0 Å². The van der Waals surface area contributed by atoms with Crippen molar-refractivity contribution in [3.63, 3.8) is 0 Å². The Hall–Kier alpha value is -1.42. The molecular weight excluding hydrogens is 221 g/mol. The van der Waals surface area contributed by atoms with Gasteiger partial charge >= 0.3 is 5.97 Å². The number of nitrogens with one attached hydrogen (secondary N) is 1. The molecule has 0 amide bonds. The van der Waals surface area contributed by atoms with Crippen LogP contribution in [0.4, 0.5) is 4.39 Å². The van der Waals surface area contributed by atoms with E-state index in [9.17, 15) is 9.18 Å². The average molecular weight is 239 g/mol. The number of aryl methyl sites for hydroxylation is 1. The summed E-state index contributed by atoms with van der Waals surface area (Å²) < 4.78 is 17.9. The van der Waals surface area contributed by atoms with E-state index >= 15 is 0 Å². The predicted molar refractivity (Wildman–Crippen MR) is 64.2 cm³/mol. The Morgan fingerprint density at radius 1 is 1.53 bits per heavy atom. The summed E-state index contributed by atoms with van der Waals surface area (Å²) in [4.78, 5) is 11.3. The molecule has 1 unspecified atom stereocenters. The number of rotatable bonds is 5. The molecule has 1 aromatic rings. The highest BCUT2D eigenvalue weighted by molar-refractivity contribution is 5.70. The topological polar surface area (TPSA) is 38.3 Å². The fourth-order valence-corrected chi connectivity index (χ4v) is 1.78. The Morgan fingerprint density at radius 3 is 2.82 bits per heavy atom. The van der Waals surface area contributed by atoms with Crippen molar-refractivity contribution in [2.24, 2.45) is 0 Å². The first-order valence-electron chi connectivity index (χ1n) is 5.64. The summed E-state index contributed by atoms with van der Waals surface area (Å²) in [5.74, 6) is -0.599. The number of methoxy groups -OCH3 is 1. The zero-order valence-electron chi connectivity index (χ0n) is 10.4. The maximum absolute atomic E-state index is 13.2. The zero-order chi connectivity index (χ0) is 12.8. The second-order valence-electron chi connectivity index (χ2n) is 3.89. The van der Waals surface area contributed by atoms with E-state index in [2.05, 4.69) is 10.1 Å². The number of halogens is 1. The van der Waals surface area contributed by atoms with E-state index in [1.807, 2.05) is 13.8 Å². The highest BCUT2D eigenvalue weighted by atomic mass is 19.1. The molecule has 1 atom stereocenters. The second kappa shape index (κ2) is 6.35. The van der Waals surface area contributed by atoms with Crippen LogP contribution in [0.3, 0.4) is 0 Å². The van der Waals surface area contributed by atoms with E-state index in [0.717, 1.165) is 11.1 Å². The van der Waals surface area contributed by atoms with Gasteiger partial charge in [-0.15, -0.1) is 0 Å². The Balaban J connectivity index is 2.95. The molecule has 0 spiro atoms. The van der Waals surface area contributed by atoms with Crippen molar-refractivity contribution in [3.8, 4) is 0 Å². The quantitative estimate of drug-likeness (QED) is 0.801. The first kappa shape index (κ1) is 13.6. The van der Waals surface area contributed by atoms with Gasteiger partial charge < -0.3 is 10.1 Å². The van der Waals surface area contributed by atoms with Gasteiger partial charge in [0.05, 0.1) is 13.5 Å². The summed E-state index contributed by atoms with van der Waals surface area (Å²) in [6.07, 6.45) is 0.203. The minimum absolute atomic E-state index is 0.203. The van der Waals surface area contributed by atoms with Gasteiger partial charge in [0, 0.05) is 6.04 Å². The van der Waals surface area contributed by atoms with Gasteiger partial charge in [-0.3, -0.25) is 4.79 Å². The van der Waals surface area contributed by atoms with Gasteiger partial charge in [-0.05, 0) is 36.7 Å². The van der Waals surface area contributed by atoms with Crippen molar-refractivity contribution in [2.45, 2.75) is 26.3 Å². The molecule has 17 heavy (non-hydrogen) atoms. The molecule has 1 rings (SSSR count). The summed E-state index contributed by atoms with van der Waals surface area (Å²) in [6, 6.07) is 4.39. The van der Waals surface area contributed by atoms with E-state index < -0.39 is 0 Å². The van der Waals surface area contributed by atoms with Crippen molar-refractivity contribution in [1.29, 1.82) is 0 Å². The van der Waals surface area contributed by atoms with Crippen molar-refractivity contribution in [1.82, 2.24) is 5.32 Å². The largest absolute Gasteiger partial charge is 0.469 e. The lowest BCUT2D eigenvalue weighted by Gasteiger charge is -2.19. The molecule has 1 N–H and O–H groups in total.